The van der Waals surface area contributed by atoms with Crippen LogP contribution in [0.15, 0.2) is 88.7 Å². The molecule has 4 rings (SSSR count). The Morgan fingerprint density at radius 1 is 0.711 bits per heavy atom. The molecule has 1 aliphatic heterocycles. The first-order valence-electron chi connectivity index (χ1n) is 12.5. The molecule has 0 unspecified atom stereocenters. The maximum Gasteiger partial charge on any atom is 0.294 e. The van der Waals surface area contributed by atoms with E-state index in [0.717, 1.165) is 17.7 Å². The summed E-state index contributed by atoms with van der Waals surface area (Å²) in [5.41, 5.74) is 3.38. The summed E-state index contributed by atoms with van der Waals surface area (Å²) in [6, 6.07) is 22.8. The quantitative estimate of drug-likeness (QED) is 0.378. The van der Waals surface area contributed by atoms with Crippen LogP contribution in [0, 0.1) is 13.8 Å². The van der Waals surface area contributed by atoms with Gasteiger partial charge in [0.1, 0.15) is 0 Å². The van der Waals surface area contributed by atoms with Crippen molar-refractivity contribution in [3.8, 4) is 0 Å². The molecule has 3 aromatic carbocycles. The fourth-order valence-corrected chi connectivity index (χ4v) is 4.66. The molecule has 0 radical (unpaired) electrons. The SMILES string of the molecule is Cc1ccc(S(=O)(=O)O)cc1.Cc1ccc(S(=O)(=O)O)cc1.c1ccc(CCCN2CCCNCC2)cc1. The second-order valence-electron chi connectivity index (χ2n) is 9.11. The molecule has 0 aromatic heterocycles. The number of benzene rings is 3. The van der Waals surface area contributed by atoms with Crippen LogP contribution < -0.4 is 5.32 Å². The van der Waals surface area contributed by atoms with Crippen molar-refractivity contribution in [2.75, 3.05) is 32.7 Å². The van der Waals surface area contributed by atoms with Gasteiger partial charge >= 0.3 is 0 Å². The zero-order valence-electron chi connectivity index (χ0n) is 22.0. The number of aryl methyl sites for hydroxylation is 3. The Kier molecular flexibility index (Phi) is 13.1. The Hall–Kier alpha value is -2.60. The molecule has 0 bridgehead atoms. The summed E-state index contributed by atoms with van der Waals surface area (Å²) in [4.78, 5) is 2.45. The minimum atomic E-state index is -4.02. The Morgan fingerprint density at radius 3 is 1.68 bits per heavy atom. The van der Waals surface area contributed by atoms with Crippen LogP contribution in [0.1, 0.15) is 29.5 Å². The molecule has 8 nitrogen and oxygen atoms in total. The van der Waals surface area contributed by atoms with Gasteiger partial charge in [0.25, 0.3) is 20.2 Å². The molecule has 0 saturated carbocycles. The van der Waals surface area contributed by atoms with E-state index in [9.17, 15) is 16.8 Å². The fraction of sp³-hybridized carbons (Fsp3) is 0.357. The lowest BCUT2D eigenvalue weighted by Gasteiger charge is -2.18. The average molecular weight is 563 g/mol. The first-order valence-corrected chi connectivity index (χ1v) is 15.4. The molecule has 1 aliphatic rings. The molecular weight excluding hydrogens is 524 g/mol. The highest BCUT2D eigenvalue weighted by molar-refractivity contribution is 7.86. The van der Waals surface area contributed by atoms with Gasteiger partial charge in [-0.1, -0.05) is 65.7 Å². The van der Waals surface area contributed by atoms with E-state index in [1.54, 1.807) is 24.3 Å². The summed E-state index contributed by atoms with van der Waals surface area (Å²) < 4.78 is 59.1. The van der Waals surface area contributed by atoms with Crippen molar-refractivity contribution >= 4 is 20.2 Å². The van der Waals surface area contributed by atoms with Crippen molar-refractivity contribution in [1.29, 1.82) is 0 Å². The van der Waals surface area contributed by atoms with Crippen LogP contribution in [0.2, 0.25) is 0 Å². The summed E-state index contributed by atoms with van der Waals surface area (Å²) in [5, 5.41) is 3.44. The van der Waals surface area contributed by atoms with E-state index in [-0.39, 0.29) is 9.79 Å². The van der Waals surface area contributed by atoms with Crippen LogP contribution in [-0.4, -0.2) is 63.6 Å². The highest BCUT2D eigenvalue weighted by Crippen LogP contribution is 2.09. The maximum absolute atomic E-state index is 10.5. The molecule has 1 fully saturated rings. The molecule has 1 heterocycles. The van der Waals surface area contributed by atoms with E-state index in [0.29, 0.717) is 0 Å². The van der Waals surface area contributed by atoms with Gasteiger partial charge in [-0.05, 0) is 82.6 Å². The normalized spacial score (nSPS) is 14.3. The summed E-state index contributed by atoms with van der Waals surface area (Å²) in [5.74, 6) is 0. The van der Waals surface area contributed by atoms with Crippen LogP contribution in [0.4, 0.5) is 0 Å². The third-order valence-corrected chi connectivity index (χ3v) is 7.59. The van der Waals surface area contributed by atoms with Crippen LogP contribution in [-0.2, 0) is 26.7 Å². The van der Waals surface area contributed by atoms with Gasteiger partial charge in [-0.15, -0.1) is 0 Å². The number of hydrogen-bond donors (Lipinski definition) is 3. The van der Waals surface area contributed by atoms with Crippen LogP contribution in [0.3, 0.4) is 0 Å². The number of nitrogens with zero attached hydrogens (tertiary/aromatic N) is 1. The molecule has 0 spiro atoms. The second-order valence-corrected chi connectivity index (χ2v) is 12.0. The average Bonchev–Trinajstić information content (AvgIpc) is 3.14. The van der Waals surface area contributed by atoms with Crippen molar-refractivity contribution < 1.29 is 25.9 Å². The van der Waals surface area contributed by atoms with Crippen LogP contribution >= 0.6 is 0 Å². The predicted molar refractivity (Wildman–Crippen MR) is 151 cm³/mol. The number of hydrogen-bond acceptors (Lipinski definition) is 6. The Labute approximate surface area is 227 Å². The minimum absolute atomic E-state index is 0.0666. The molecule has 0 atom stereocenters. The molecule has 38 heavy (non-hydrogen) atoms. The highest BCUT2D eigenvalue weighted by atomic mass is 32.2. The van der Waals surface area contributed by atoms with Crippen LogP contribution in [0.25, 0.3) is 0 Å². The van der Waals surface area contributed by atoms with E-state index in [2.05, 4.69) is 40.5 Å². The minimum Gasteiger partial charge on any atom is -0.315 e. The summed E-state index contributed by atoms with van der Waals surface area (Å²) in [6.45, 7) is 9.76. The van der Waals surface area contributed by atoms with Gasteiger partial charge in [0.05, 0.1) is 9.79 Å². The molecule has 0 amide bonds. The van der Waals surface area contributed by atoms with Gasteiger partial charge in [-0.25, -0.2) is 0 Å². The van der Waals surface area contributed by atoms with Gasteiger partial charge in [-0.2, -0.15) is 16.8 Å². The van der Waals surface area contributed by atoms with Crippen molar-refractivity contribution in [3.63, 3.8) is 0 Å². The Bertz CT molecular complexity index is 1210. The standard InChI is InChI=1S/C14H22N2.2C7H8O3S/c1-2-6-14(7-3-1)8-4-11-16-12-5-9-15-10-13-16;2*1-6-2-4-7(5-3-6)11(8,9)10/h1-3,6-7,15H,4-5,8-13H2;2*2-5H,1H3,(H,8,9,10). The molecular formula is C28H38N2O6S2. The van der Waals surface area contributed by atoms with Crippen molar-refractivity contribution in [2.45, 2.75) is 42.9 Å². The summed E-state index contributed by atoms with van der Waals surface area (Å²) in [6.07, 6.45) is 3.79. The topological polar surface area (TPSA) is 124 Å². The third kappa shape index (κ3) is 12.8. The van der Waals surface area contributed by atoms with Gasteiger partial charge in [-0.3, -0.25) is 9.11 Å². The molecule has 10 heteroatoms. The van der Waals surface area contributed by atoms with E-state index in [1.165, 1.54) is 75.3 Å². The van der Waals surface area contributed by atoms with E-state index < -0.39 is 20.2 Å². The number of rotatable bonds is 6. The zero-order valence-corrected chi connectivity index (χ0v) is 23.6. The van der Waals surface area contributed by atoms with Gasteiger partial charge in [0.15, 0.2) is 0 Å². The number of nitrogens with one attached hydrogen (secondary N) is 1. The maximum atomic E-state index is 10.5. The fourth-order valence-electron chi connectivity index (χ4n) is 3.70. The van der Waals surface area contributed by atoms with Crippen molar-refractivity contribution in [2.24, 2.45) is 0 Å². The van der Waals surface area contributed by atoms with E-state index in [1.807, 2.05) is 13.8 Å². The second kappa shape index (κ2) is 15.7. The first kappa shape index (κ1) is 31.6. The lowest BCUT2D eigenvalue weighted by molar-refractivity contribution is 0.289. The highest BCUT2D eigenvalue weighted by Gasteiger charge is 2.08. The van der Waals surface area contributed by atoms with Crippen molar-refractivity contribution in [1.82, 2.24) is 10.2 Å². The summed E-state index contributed by atoms with van der Waals surface area (Å²) in [7, 11) is -8.04. The largest absolute Gasteiger partial charge is 0.315 e. The van der Waals surface area contributed by atoms with E-state index in [4.69, 9.17) is 9.11 Å². The Morgan fingerprint density at radius 2 is 1.21 bits per heavy atom. The molecule has 3 aromatic rings. The van der Waals surface area contributed by atoms with Crippen LogP contribution in [0.5, 0.6) is 0 Å². The lowest BCUT2D eigenvalue weighted by atomic mass is 10.1. The third-order valence-electron chi connectivity index (χ3n) is 5.85. The monoisotopic (exact) mass is 562 g/mol. The zero-order chi connectivity index (χ0) is 28.0. The van der Waals surface area contributed by atoms with Gasteiger partial charge < -0.3 is 10.2 Å². The van der Waals surface area contributed by atoms with E-state index >= 15 is 0 Å². The molecule has 1 saturated heterocycles. The van der Waals surface area contributed by atoms with Gasteiger partial charge in [0.2, 0.25) is 0 Å². The molecule has 3 N–H and O–H groups in total. The molecule has 208 valence electrons. The van der Waals surface area contributed by atoms with Gasteiger partial charge in [0, 0.05) is 13.1 Å². The summed E-state index contributed by atoms with van der Waals surface area (Å²) >= 11 is 0. The smallest absolute Gasteiger partial charge is 0.294 e. The molecule has 0 aliphatic carbocycles. The predicted octanol–water partition coefficient (Wildman–Crippen LogP) is 4.40. The Balaban J connectivity index is 0.000000206. The first-order chi connectivity index (χ1) is 17.9. The lowest BCUT2D eigenvalue weighted by Crippen LogP contribution is -2.29. The van der Waals surface area contributed by atoms with Crippen molar-refractivity contribution in [3.05, 3.63) is 95.6 Å².